The molecule has 3 heterocycles. The van der Waals surface area contributed by atoms with E-state index in [0.29, 0.717) is 12.4 Å². The van der Waals surface area contributed by atoms with Gasteiger partial charge in [0.2, 0.25) is 0 Å². The van der Waals surface area contributed by atoms with Gasteiger partial charge in [0, 0.05) is 17.8 Å². The van der Waals surface area contributed by atoms with E-state index < -0.39 is 17.3 Å². The zero-order valence-electron chi connectivity index (χ0n) is 28.5. The molecule has 2 aromatic carbocycles. The zero-order chi connectivity index (χ0) is 33.5. The summed E-state index contributed by atoms with van der Waals surface area (Å²) in [4.78, 5) is 43.5. The van der Waals surface area contributed by atoms with Crippen LogP contribution in [0.2, 0.25) is 0 Å². The fourth-order valence-corrected chi connectivity index (χ4v) is 6.35. The number of fused-ring (bicyclic) bond motifs is 3. The number of benzene rings is 2. The van der Waals surface area contributed by atoms with Crippen LogP contribution in [0.5, 0.6) is 0 Å². The van der Waals surface area contributed by atoms with Crippen LogP contribution >= 0.6 is 0 Å². The van der Waals surface area contributed by atoms with Crippen molar-refractivity contribution in [2.45, 2.75) is 104 Å². The van der Waals surface area contributed by atoms with E-state index in [1.165, 1.54) is 5.56 Å². The summed E-state index contributed by atoms with van der Waals surface area (Å²) in [5.41, 5.74) is 7.63. The van der Waals surface area contributed by atoms with Gasteiger partial charge >= 0.3 is 12.2 Å². The number of aromatic amines is 2. The van der Waals surface area contributed by atoms with Gasteiger partial charge < -0.3 is 24.8 Å². The van der Waals surface area contributed by atoms with Gasteiger partial charge in [-0.1, -0.05) is 42.5 Å². The first kappa shape index (κ1) is 32.3. The molecule has 3 N–H and O–H groups in total. The third-order valence-corrected chi connectivity index (χ3v) is 8.49. The molecule has 1 fully saturated rings. The Hall–Kier alpha value is -4.60. The number of amides is 2. The average Bonchev–Trinajstić information content (AvgIpc) is 3.74. The first-order valence-electron chi connectivity index (χ1n) is 16.6. The van der Waals surface area contributed by atoms with Crippen molar-refractivity contribution >= 4 is 12.2 Å². The van der Waals surface area contributed by atoms with Gasteiger partial charge in [-0.25, -0.2) is 19.6 Å². The number of aryl methyl sites for hydroxylation is 2. The number of rotatable bonds is 5. The predicted molar refractivity (Wildman–Crippen MR) is 182 cm³/mol. The highest BCUT2D eigenvalue weighted by atomic mass is 16.6. The van der Waals surface area contributed by atoms with E-state index in [9.17, 15) is 9.59 Å². The number of aromatic nitrogens is 4. The fourth-order valence-electron chi connectivity index (χ4n) is 6.35. The lowest BCUT2D eigenvalue weighted by Crippen LogP contribution is -2.36. The molecular weight excluding hydrogens is 592 g/mol. The molecule has 2 aliphatic rings. The van der Waals surface area contributed by atoms with Crippen molar-refractivity contribution in [2.24, 2.45) is 0 Å². The molecular formula is C37H46N6O4. The lowest BCUT2D eigenvalue weighted by molar-refractivity contribution is 0.0218. The van der Waals surface area contributed by atoms with E-state index in [0.717, 1.165) is 77.3 Å². The van der Waals surface area contributed by atoms with Crippen molar-refractivity contribution in [3.63, 3.8) is 0 Å². The molecule has 47 heavy (non-hydrogen) atoms. The number of likely N-dealkylation sites (tertiary alicyclic amines) is 1. The Balaban J connectivity index is 1.17. The Morgan fingerprint density at radius 3 is 2.34 bits per heavy atom. The zero-order valence-corrected chi connectivity index (χ0v) is 28.5. The number of alkyl carbamates (subject to hydrolysis) is 1. The number of hydrogen-bond donors (Lipinski definition) is 3. The first-order chi connectivity index (χ1) is 22.2. The van der Waals surface area contributed by atoms with Crippen LogP contribution in [0.25, 0.3) is 33.6 Å². The van der Waals surface area contributed by atoms with Gasteiger partial charge in [-0.05, 0) is 103 Å². The van der Waals surface area contributed by atoms with E-state index in [1.807, 2.05) is 53.4 Å². The fraction of sp³-hybridized carbons (Fsp3) is 0.459. The van der Waals surface area contributed by atoms with Crippen LogP contribution in [0.4, 0.5) is 9.59 Å². The minimum Gasteiger partial charge on any atom is -0.444 e. The Labute approximate surface area is 276 Å². The standard InChI is InChI=1S/C37H46N6O4/c1-22(39-34(44)46-36(2,3)4)32-38-21-29(41-32)24-15-13-23(14-16-24)25-17-18-27-26(20-25)10-8-11-28-31(27)42-33(40-28)30-12-9-19-43(30)35(45)47-37(5,6)7/h13-18,20-22,30H,8-12,19H2,1-7H3,(H,38,41)(H,39,44)(H,40,42)/t22-,30-/m0/s1. The maximum atomic E-state index is 13.0. The summed E-state index contributed by atoms with van der Waals surface area (Å²) in [5, 5.41) is 2.83. The summed E-state index contributed by atoms with van der Waals surface area (Å²) >= 11 is 0. The quantitative estimate of drug-likeness (QED) is 0.202. The highest BCUT2D eigenvalue weighted by molar-refractivity contribution is 5.75. The maximum absolute atomic E-state index is 13.0. The van der Waals surface area contributed by atoms with E-state index in [1.54, 1.807) is 6.20 Å². The third kappa shape index (κ3) is 7.37. The van der Waals surface area contributed by atoms with Crippen LogP contribution in [-0.4, -0.2) is 54.8 Å². The summed E-state index contributed by atoms with van der Waals surface area (Å²) in [6.07, 6.45) is 5.74. The van der Waals surface area contributed by atoms with Gasteiger partial charge in [0.15, 0.2) is 0 Å². The number of carbonyl (C=O) groups is 2. The summed E-state index contributed by atoms with van der Waals surface area (Å²) in [5.74, 6) is 1.51. The van der Waals surface area contributed by atoms with Gasteiger partial charge in [0.05, 0.1) is 29.7 Å². The Morgan fingerprint density at radius 2 is 1.62 bits per heavy atom. The number of hydrogen-bond acceptors (Lipinski definition) is 6. The number of nitrogens with one attached hydrogen (secondary N) is 3. The third-order valence-electron chi connectivity index (χ3n) is 8.49. The van der Waals surface area contributed by atoms with Crippen LogP contribution in [0, 0.1) is 0 Å². The summed E-state index contributed by atoms with van der Waals surface area (Å²) in [6, 6.07) is 14.6. The molecule has 6 rings (SSSR count). The molecule has 10 nitrogen and oxygen atoms in total. The lowest BCUT2D eigenvalue weighted by atomic mass is 9.95. The predicted octanol–water partition coefficient (Wildman–Crippen LogP) is 8.28. The van der Waals surface area contributed by atoms with Gasteiger partial charge in [-0.15, -0.1) is 0 Å². The molecule has 10 heteroatoms. The largest absolute Gasteiger partial charge is 0.444 e. The lowest BCUT2D eigenvalue weighted by Gasteiger charge is -2.27. The summed E-state index contributed by atoms with van der Waals surface area (Å²) < 4.78 is 11.1. The molecule has 2 atom stereocenters. The molecule has 248 valence electrons. The SMILES string of the molecule is C[C@H](NC(=O)OC(C)(C)C)c1ncc(-c2ccc(-c3ccc4c(c3)CCCc3[nH]c([C@@H]5CCCN5C(=O)OC(C)(C)C)nc3-4)cc2)[nH]1. The molecule has 0 radical (unpaired) electrons. The highest BCUT2D eigenvalue weighted by Crippen LogP contribution is 2.38. The average molecular weight is 639 g/mol. The topological polar surface area (TPSA) is 125 Å². The van der Waals surface area contributed by atoms with Crippen LogP contribution in [0.15, 0.2) is 48.7 Å². The smallest absolute Gasteiger partial charge is 0.410 e. The minimum atomic E-state index is -0.565. The molecule has 1 aliphatic carbocycles. The van der Waals surface area contributed by atoms with Crippen molar-refractivity contribution in [3.05, 3.63) is 71.6 Å². The first-order valence-corrected chi connectivity index (χ1v) is 16.6. The molecule has 0 spiro atoms. The van der Waals surface area contributed by atoms with Crippen LogP contribution in [0.3, 0.4) is 0 Å². The van der Waals surface area contributed by atoms with Crippen molar-refractivity contribution in [2.75, 3.05) is 6.54 Å². The van der Waals surface area contributed by atoms with Gasteiger partial charge in [0.1, 0.15) is 22.9 Å². The summed E-state index contributed by atoms with van der Waals surface area (Å²) in [6.45, 7) is 13.7. The van der Waals surface area contributed by atoms with Crippen molar-refractivity contribution < 1.29 is 19.1 Å². The minimum absolute atomic E-state index is 0.103. The second kappa shape index (κ2) is 12.5. The number of nitrogens with zero attached hydrogens (tertiary/aromatic N) is 3. The molecule has 2 amide bonds. The van der Waals surface area contributed by atoms with Gasteiger partial charge in [0.25, 0.3) is 0 Å². The van der Waals surface area contributed by atoms with Crippen molar-refractivity contribution in [3.8, 4) is 33.6 Å². The van der Waals surface area contributed by atoms with Crippen molar-refractivity contribution in [1.82, 2.24) is 30.2 Å². The van der Waals surface area contributed by atoms with E-state index >= 15 is 0 Å². The molecule has 0 unspecified atom stereocenters. The Kier molecular flexibility index (Phi) is 8.63. The number of imidazole rings is 2. The molecule has 0 bridgehead atoms. The van der Waals surface area contributed by atoms with Crippen LogP contribution in [0.1, 0.15) is 103 Å². The maximum Gasteiger partial charge on any atom is 0.410 e. The Morgan fingerprint density at radius 1 is 0.915 bits per heavy atom. The van der Waals surface area contributed by atoms with E-state index in [2.05, 4.69) is 62.7 Å². The van der Waals surface area contributed by atoms with Crippen LogP contribution in [-0.2, 0) is 22.3 Å². The van der Waals surface area contributed by atoms with Crippen LogP contribution < -0.4 is 5.32 Å². The monoisotopic (exact) mass is 638 g/mol. The second-order valence-corrected chi connectivity index (χ2v) is 14.6. The highest BCUT2D eigenvalue weighted by Gasteiger charge is 2.36. The van der Waals surface area contributed by atoms with Gasteiger partial charge in [-0.2, -0.15) is 0 Å². The molecule has 1 saturated heterocycles. The Bertz CT molecular complexity index is 1760. The van der Waals surface area contributed by atoms with Gasteiger partial charge in [-0.3, -0.25) is 4.90 Å². The van der Waals surface area contributed by atoms with Crippen molar-refractivity contribution in [1.29, 1.82) is 0 Å². The number of H-pyrrole nitrogens is 2. The normalized spacial score (nSPS) is 17.0. The summed E-state index contributed by atoms with van der Waals surface area (Å²) in [7, 11) is 0. The van der Waals surface area contributed by atoms with E-state index in [4.69, 9.17) is 14.5 Å². The second-order valence-electron chi connectivity index (χ2n) is 14.6. The van der Waals surface area contributed by atoms with E-state index in [-0.39, 0.29) is 18.2 Å². The molecule has 4 aromatic rings. The molecule has 0 saturated carbocycles. The molecule has 2 aromatic heterocycles. The number of ether oxygens (including phenoxy) is 2. The molecule has 1 aliphatic heterocycles. The number of carbonyl (C=O) groups excluding carboxylic acids is 2.